The van der Waals surface area contributed by atoms with Gasteiger partial charge >= 0.3 is 0 Å². The predicted molar refractivity (Wildman–Crippen MR) is 72.9 cm³/mol. The van der Waals surface area contributed by atoms with Crippen molar-refractivity contribution in [1.29, 1.82) is 0 Å². The molecule has 1 saturated heterocycles. The number of aromatic nitrogens is 1. The highest BCUT2D eigenvalue weighted by Crippen LogP contribution is 2.37. The summed E-state index contributed by atoms with van der Waals surface area (Å²) in [4.78, 5) is 6.88. The number of hydrogen-bond donors (Lipinski definition) is 1. The zero-order chi connectivity index (χ0) is 12.5. The van der Waals surface area contributed by atoms with E-state index in [2.05, 4.69) is 9.88 Å². The van der Waals surface area contributed by atoms with Gasteiger partial charge in [-0.3, -0.25) is 0 Å². The van der Waals surface area contributed by atoms with Gasteiger partial charge < -0.3 is 15.4 Å². The second kappa shape index (κ2) is 4.67. The fourth-order valence-electron chi connectivity index (χ4n) is 3.41. The Morgan fingerprint density at radius 3 is 2.67 bits per heavy atom. The molecule has 0 aromatic carbocycles. The van der Waals surface area contributed by atoms with Gasteiger partial charge in [0.2, 0.25) is 5.88 Å². The minimum atomic E-state index is 0.648. The van der Waals surface area contributed by atoms with Crippen molar-refractivity contribution in [2.45, 2.75) is 25.7 Å². The Morgan fingerprint density at radius 2 is 2.00 bits per heavy atom. The van der Waals surface area contributed by atoms with Crippen molar-refractivity contribution in [3.63, 3.8) is 0 Å². The molecule has 3 rings (SSSR count). The molecule has 2 N–H and O–H groups in total. The summed E-state index contributed by atoms with van der Waals surface area (Å²) in [5.74, 6) is 3.20. The Balaban J connectivity index is 1.85. The van der Waals surface area contributed by atoms with Gasteiger partial charge in [-0.15, -0.1) is 0 Å². The summed E-state index contributed by atoms with van der Waals surface area (Å²) in [5.41, 5.74) is 6.83. The zero-order valence-corrected chi connectivity index (χ0v) is 10.9. The zero-order valence-electron chi connectivity index (χ0n) is 10.9. The quantitative estimate of drug-likeness (QED) is 0.871. The molecule has 2 atom stereocenters. The number of pyridine rings is 1. The van der Waals surface area contributed by atoms with E-state index in [4.69, 9.17) is 10.5 Å². The van der Waals surface area contributed by atoms with Crippen LogP contribution in [0.4, 0.5) is 11.5 Å². The van der Waals surface area contributed by atoms with E-state index in [1.54, 1.807) is 7.11 Å². The fraction of sp³-hybridized carbons (Fsp3) is 0.643. The number of nitrogens with two attached hydrogens (primary N) is 1. The maximum absolute atomic E-state index is 6.07. The second-order valence-corrected chi connectivity index (χ2v) is 5.57. The molecular weight excluding hydrogens is 226 g/mol. The first-order valence-corrected chi connectivity index (χ1v) is 6.81. The summed E-state index contributed by atoms with van der Waals surface area (Å²) < 4.78 is 5.20. The third kappa shape index (κ3) is 2.11. The van der Waals surface area contributed by atoms with Crippen molar-refractivity contribution >= 4 is 11.5 Å². The fourth-order valence-corrected chi connectivity index (χ4v) is 3.41. The molecule has 0 spiro atoms. The average Bonchev–Trinajstić information content (AvgIpc) is 2.39. The van der Waals surface area contributed by atoms with Crippen LogP contribution in [0.1, 0.15) is 25.7 Å². The number of fused-ring (bicyclic) bond motifs is 2. The van der Waals surface area contributed by atoms with Crippen LogP contribution in [0.5, 0.6) is 5.88 Å². The minimum absolute atomic E-state index is 0.648. The van der Waals surface area contributed by atoms with Crippen molar-refractivity contribution in [3.8, 4) is 5.88 Å². The summed E-state index contributed by atoms with van der Waals surface area (Å²) in [7, 11) is 1.65. The Morgan fingerprint density at radius 1 is 1.28 bits per heavy atom. The van der Waals surface area contributed by atoms with Crippen molar-refractivity contribution < 1.29 is 4.74 Å². The lowest BCUT2D eigenvalue weighted by Crippen LogP contribution is -2.43. The lowest BCUT2D eigenvalue weighted by atomic mass is 9.78. The predicted octanol–water partition coefficient (Wildman–Crippen LogP) is 2.30. The number of rotatable bonds is 2. The van der Waals surface area contributed by atoms with Crippen LogP contribution in [0.3, 0.4) is 0 Å². The van der Waals surface area contributed by atoms with Crippen LogP contribution in [-0.4, -0.2) is 25.2 Å². The minimum Gasteiger partial charge on any atom is -0.481 e. The Bertz CT molecular complexity index is 423. The van der Waals surface area contributed by atoms with Gasteiger partial charge in [0.1, 0.15) is 0 Å². The van der Waals surface area contributed by atoms with E-state index in [1.807, 2.05) is 12.1 Å². The maximum atomic E-state index is 6.07. The summed E-state index contributed by atoms with van der Waals surface area (Å²) >= 11 is 0. The number of nitrogen functional groups attached to an aromatic ring is 1. The summed E-state index contributed by atoms with van der Waals surface area (Å²) in [6.07, 6.45) is 5.50. The number of piperidine rings is 1. The van der Waals surface area contributed by atoms with Crippen LogP contribution in [-0.2, 0) is 0 Å². The first-order chi connectivity index (χ1) is 8.76. The molecule has 0 amide bonds. The first kappa shape index (κ1) is 11.6. The summed E-state index contributed by atoms with van der Waals surface area (Å²) in [6.45, 7) is 2.20. The van der Waals surface area contributed by atoms with Crippen LogP contribution in [0.15, 0.2) is 12.1 Å². The molecule has 2 bridgehead atoms. The molecule has 4 nitrogen and oxygen atoms in total. The van der Waals surface area contributed by atoms with Crippen LogP contribution in [0.25, 0.3) is 0 Å². The van der Waals surface area contributed by atoms with Crippen molar-refractivity contribution in [2.75, 3.05) is 30.8 Å². The van der Waals surface area contributed by atoms with Gasteiger partial charge in [-0.25, -0.2) is 0 Å². The molecule has 2 fully saturated rings. The highest BCUT2D eigenvalue weighted by Gasteiger charge is 2.31. The average molecular weight is 247 g/mol. The van der Waals surface area contributed by atoms with E-state index in [0.717, 1.165) is 36.4 Å². The second-order valence-electron chi connectivity index (χ2n) is 5.57. The largest absolute Gasteiger partial charge is 0.481 e. The molecule has 2 heterocycles. The smallest absolute Gasteiger partial charge is 0.215 e. The number of anilines is 2. The maximum Gasteiger partial charge on any atom is 0.215 e. The van der Waals surface area contributed by atoms with Gasteiger partial charge in [0.25, 0.3) is 0 Å². The van der Waals surface area contributed by atoms with Gasteiger partial charge in [-0.05, 0) is 37.2 Å². The first-order valence-electron chi connectivity index (χ1n) is 6.81. The van der Waals surface area contributed by atoms with Gasteiger partial charge in [-0.2, -0.15) is 4.98 Å². The van der Waals surface area contributed by atoms with E-state index in [-0.39, 0.29) is 0 Å². The lowest BCUT2D eigenvalue weighted by molar-refractivity contribution is 0.230. The van der Waals surface area contributed by atoms with E-state index in [0.29, 0.717) is 5.88 Å². The molecule has 1 aliphatic carbocycles. The molecule has 18 heavy (non-hydrogen) atoms. The SMILES string of the molecule is COc1ccc(N)c(N2CC3CCCC(C3)C2)n1. The van der Waals surface area contributed by atoms with Crippen molar-refractivity contribution in [2.24, 2.45) is 11.8 Å². The molecule has 2 aliphatic rings. The van der Waals surface area contributed by atoms with Gasteiger partial charge in [-0.1, -0.05) is 6.42 Å². The number of ether oxygens (including phenoxy) is 1. The third-order valence-electron chi connectivity index (χ3n) is 4.24. The Hall–Kier alpha value is -1.45. The third-order valence-corrected chi connectivity index (χ3v) is 4.24. The highest BCUT2D eigenvalue weighted by molar-refractivity contribution is 5.63. The molecule has 0 radical (unpaired) electrons. The molecule has 1 aliphatic heterocycles. The molecule has 1 aromatic rings. The van der Waals surface area contributed by atoms with Crippen molar-refractivity contribution in [1.82, 2.24) is 4.98 Å². The molecule has 2 unspecified atom stereocenters. The van der Waals surface area contributed by atoms with E-state index in [1.165, 1.54) is 25.7 Å². The van der Waals surface area contributed by atoms with Crippen LogP contribution >= 0.6 is 0 Å². The summed E-state index contributed by atoms with van der Waals surface area (Å²) in [5, 5.41) is 0. The lowest BCUT2D eigenvalue weighted by Gasteiger charge is -2.42. The Labute approximate surface area is 108 Å². The molecule has 1 saturated carbocycles. The van der Waals surface area contributed by atoms with E-state index >= 15 is 0 Å². The number of hydrogen-bond acceptors (Lipinski definition) is 4. The van der Waals surface area contributed by atoms with Gasteiger partial charge in [0.15, 0.2) is 5.82 Å². The molecule has 1 aromatic heterocycles. The van der Waals surface area contributed by atoms with E-state index < -0.39 is 0 Å². The number of nitrogens with zero attached hydrogens (tertiary/aromatic N) is 2. The van der Waals surface area contributed by atoms with Crippen LogP contribution in [0, 0.1) is 11.8 Å². The molecular formula is C14H21N3O. The molecule has 98 valence electrons. The number of methoxy groups -OCH3 is 1. The normalized spacial score (nSPS) is 27.1. The van der Waals surface area contributed by atoms with Gasteiger partial charge in [0.05, 0.1) is 12.8 Å². The monoisotopic (exact) mass is 247 g/mol. The van der Waals surface area contributed by atoms with Crippen LogP contribution in [0.2, 0.25) is 0 Å². The summed E-state index contributed by atoms with van der Waals surface area (Å²) in [6, 6.07) is 3.72. The Kier molecular flexibility index (Phi) is 3.02. The highest BCUT2D eigenvalue weighted by atomic mass is 16.5. The topological polar surface area (TPSA) is 51.4 Å². The van der Waals surface area contributed by atoms with Crippen molar-refractivity contribution in [3.05, 3.63) is 12.1 Å². The van der Waals surface area contributed by atoms with Crippen LogP contribution < -0.4 is 15.4 Å². The molecule has 4 heteroatoms. The van der Waals surface area contributed by atoms with E-state index in [9.17, 15) is 0 Å². The van der Waals surface area contributed by atoms with Gasteiger partial charge in [0, 0.05) is 19.2 Å². The standard InChI is InChI=1S/C14H21N3O/c1-18-13-6-5-12(15)14(16-13)17-8-10-3-2-4-11(7-10)9-17/h5-6,10-11H,2-4,7-9,15H2,1H3.